The van der Waals surface area contributed by atoms with E-state index in [4.69, 9.17) is 4.18 Å². The maximum absolute atomic E-state index is 13.0. The molecule has 0 radical (unpaired) electrons. The molecule has 0 heterocycles. The SMILES string of the molecule is Cc1cccc(NC(=O)N(Cc2ccc(OS(=O)(=O)c3ccc(F)cc3)cc2)C(C)C)c1. The van der Waals surface area contributed by atoms with Crippen LogP contribution in [-0.4, -0.2) is 25.4 Å². The highest BCUT2D eigenvalue weighted by molar-refractivity contribution is 7.87. The highest BCUT2D eigenvalue weighted by atomic mass is 32.2. The summed E-state index contributed by atoms with van der Waals surface area (Å²) in [6.07, 6.45) is 0. The number of anilines is 1. The number of benzene rings is 3. The van der Waals surface area contributed by atoms with Gasteiger partial charge in [-0.2, -0.15) is 8.42 Å². The molecular weight excluding hydrogens is 431 g/mol. The van der Waals surface area contributed by atoms with Gasteiger partial charge in [0, 0.05) is 18.3 Å². The number of carbonyl (C=O) groups excluding carboxylic acids is 1. The molecule has 0 saturated heterocycles. The lowest BCUT2D eigenvalue weighted by atomic mass is 10.2. The van der Waals surface area contributed by atoms with E-state index >= 15 is 0 Å². The second-order valence-corrected chi connectivity index (χ2v) is 9.20. The number of hydrogen-bond donors (Lipinski definition) is 1. The first-order chi connectivity index (χ1) is 15.1. The minimum atomic E-state index is -4.07. The predicted molar refractivity (Wildman–Crippen MR) is 122 cm³/mol. The molecule has 168 valence electrons. The zero-order chi connectivity index (χ0) is 23.3. The number of nitrogens with one attached hydrogen (secondary N) is 1. The van der Waals surface area contributed by atoms with Gasteiger partial charge in [0.25, 0.3) is 0 Å². The van der Waals surface area contributed by atoms with E-state index in [9.17, 15) is 17.6 Å². The lowest BCUT2D eigenvalue weighted by Gasteiger charge is -2.27. The zero-order valence-corrected chi connectivity index (χ0v) is 18.9. The van der Waals surface area contributed by atoms with Crippen LogP contribution < -0.4 is 9.50 Å². The van der Waals surface area contributed by atoms with Gasteiger partial charge in [-0.1, -0.05) is 24.3 Å². The molecule has 0 aliphatic rings. The van der Waals surface area contributed by atoms with Crippen molar-refractivity contribution in [2.45, 2.75) is 38.3 Å². The molecule has 0 unspecified atom stereocenters. The quantitative estimate of drug-likeness (QED) is 0.487. The van der Waals surface area contributed by atoms with Crippen molar-refractivity contribution in [1.82, 2.24) is 4.90 Å². The van der Waals surface area contributed by atoms with Crippen LogP contribution in [0.1, 0.15) is 25.0 Å². The maximum Gasteiger partial charge on any atom is 0.339 e. The van der Waals surface area contributed by atoms with E-state index in [1.54, 1.807) is 17.0 Å². The fraction of sp³-hybridized carbons (Fsp3) is 0.208. The molecule has 0 fully saturated rings. The van der Waals surface area contributed by atoms with Crippen LogP contribution in [0.3, 0.4) is 0 Å². The maximum atomic E-state index is 13.0. The largest absolute Gasteiger partial charge is 0.379 e. The summed E-state index contributed by atoms with van der Waals surface area (Å²) in [5, 5.41) is 2.91. The van der Waals surface area contributed by atoms with Crippen molar-refractivity contribution in [3.05, 3.63) is 89.7 Å². The Labute approximate surface area is 187 Å². The summed E-state index contributed by atoms with van der Waals surface area (Å²) in [7, 11) is -4.07. The molecule has 3 aromatic carbocycles. The fourth-order valence-electron chi connectivity index (χ4n) is 3.03. The molecule has 0 spiro atoms. The van der Waals surface area contributed by atoms with Crippen LogP contribution in [0.25, 0.3) is 0 Å². The first-order valence-corrected chi connectivity index (χ1v) is 11.5. The van der Waals surface area contributed by atoms with Crippen molar-refractivity contribution in [2.75, 3.05) is 5.32 Å². The number of hydrogen-bond acceptors (Lipinski definition) is 4. The standard InChI is InChI=1S/C24H25FN2O4S/c1-17(2)27(24(28)26-21-6-4-5-18(3)15-21)16-19-7-11-22(12-8-19)31-32(29,30)23-13-9-20(25)10-14-23/h4-15,17H,16H2,1-3H3,(H,26,28). The van der Waals surface area contributed by atoms with Gasteiger partial charge >= 0.3 is 16.1 Å². The van der Waals surface area contributed by atoms with Crippen LogP contribution in [0.2, 0.25) is 0 Å². The Kier molecular flexibility index (Phi) is 7.15. The number of halogens is 1. The van der Waals surface area contributed by atoms with Crippen LogP contribution in [0.15, 0.2) is 77.7 Å². The third kappa shape index (κ3) is 6.07. The summed E-state index contributed by atoms with van der Waals surface area (Å²) >= 11 is 0. The molecule has 0 aliphatic heterocycles. The molecule has 8 heteroatoms. The second-order valence-electron chi connectivity index (χ2n) is 7.66. The minimum absolute atomic E-state index is 0.0606. The third-order valence-corrected chi connectivity index (χ3v) is 6.00. The van der Waals surface area contributed by atoms with Crippen molar-refractivity contribution < 1.29 is 21.8 Å². The van der Waals surface area contributed by atoms with Gasteiger partial charge in [-0.3, -0.25) is 0 Å². The number of carbonyl (C=O) groups is 1. The Balaban J connectivity index is 1.68. The number of aryl methyl sites for hydroxylation is 1. The predicted octanol–water partition coefficient (Wildman–Crippen LogP) is 5.34. The monoisotopic (exact) mass is 456 g/mol. The summed E-state index contributed by atoms with van der Waals surface area (Å²) in [4.78, 5) is 14.3. The van der Waals surface area contributed by atoms with E-state index < -0.39 is 15.9 Å². The van der Waals surface area contributed by atoms with Crippen molar-refractivity contribution >= 4 is 21.8 Å². The summed E-state index contributed by atoms with van der Waals surface area (Å²) < 4.78 is 42.9. The van der Waals surface area contributed by atoms with Crippen LogP contribution >= 0.6 is 0 Å². The zero-order valence-electron chi connectivity index (χ0n) is 18.1. The Morgan fingerprint density at radius 3 is 2.28 bits per heavy atom. The smallest absolute Gasteiger partial charge is 0.339 e. The van der Waals surface area contributed by atoms with Crippen LogP contribution in [-0.2, 0) is 16.7 Å². The van der Waals surface area contributed by atoms with E-state index in [0.717, 1.165) is 41.1 Å². The molecule has 0 aliphatic carbocycles. The summed E-state index contributed by atoms with van der Waals surface area (Å²) in [5.41, 5.74) is 2.57. The summed E-state index contributed by atoms with van der Waals surface area (Å²) in [5.74, 6) is -0.409. The van der Waals surface area contributed by atoms with Crippen LogP contribution in [0.4, 0.5) is 14.9 Å². The van der Waals surface area contributed by atoms with Gasteiger partial charge in [-0.25, -0.2) is 9.18 Å². The topological polar surface area (TPSA) is 75.7 Å². The van der Waals surface area contributed by atoms with Gasteiger partial charge in [-0.15, -0.1) is 0 Å². The second kappa shape index (κ2) is 9.82. The molecule has 2 amide bonds. The van der Waals surface area contributed by atoms with Crippen molar-refractivity contribution in [1.29, 1.82) is 0 Å². The van der Waals surface area contributed by atoms with E-state index in [0.29, 0.717) is 6.54 Å². The van der Waals surface area contributed by atoms with Crippen molar-refractivity contribution in [3.8, 4) is 5.75 Å². The summed E-state index contributed by atoms with van der Waals surface area (Å²) in [6, 6.07) is 18.1. The summed E-state index contributed by atoms with van der Waals surface area (Å²) in [6.45, 7) is 6.13. The van der Waals surface area contributed by atoms with Crippen molar-refractivity contribution in [3.63, 3.8) is 0 Å². The highest BCUT2D eigenvalue weighted by Crippen LogP contribution is 2.21. The van der Waals surface area contributed by atoms with Crippen LogP contribution in [0, 0.1) is 12.7 Å². The first-order valence-electron chi connectivity index (χ1n) is 10.1. The highest BCUT2D eigenvalue weighted by Gasteiger charge is 2.19. The van der Waals surface area contributed by atoms with E-state index in [1.807, 2.05) is 45.0 Å². The Hall–Kier alpha value is -3.39. The van der Waals surface area contributed by atoms with E-state index in [2.05, 4.69) is 5.32 Å². The molecular formula is C24H25FN2O4S. The van der Waals surface area contributed by atoms with Gasteiger partial charge in [0.1, 0.15) is 16.5 Å². The molecule has 1 N–H and O–H groups in total. The van der Waals surface area contributed by atoms with Gasteiger partial charge in [-0.05, 0) is 80.4 Å². The van der Waals surface area contributed by atoms with Gasteiger partial charge < -0.3 is 14.4 Å². The number of rotatable bonds is 7. The number of urea groups is 1. The molecule has 32 heavy (non-hydrogen) atoms. The van der Waals surface area contributed by atoms with Crippen molar-refractivity contribution in [2.24, 2.45) is 0 Å². The first kappa shape index (κ1) is 23.3. The average molecular weight is 457 g/mol. The van der Waals surface area contributed by atoms with E-state index in [1.165, 1.54) is 12.1 Å². The van der Waals surface area contributed by atoms with Gasteiger partial charge in [0.05, 0.1) is 0 Å². The average Bonchev–Trinajstić information content (AvgIpc) is 2.73. The molecule has 0 bridgehead atoms. The molecule has 6 nitrogen and oxygen atoms in total. The van der Waals surface area contributed by atoms with Gasteiger partial charge in [0.2, 0.25) is 0 Å². The van der Waals surface area contributed by atoms with Crippen LogP contribution in [0.5, 0.6) is 5.75 Å². The molecule has 0 aromatic heterocycles. The lowest BCUT2D eigenvalue weighted by molar-refractivity contribution is 0.193. The van der Waals surface area contributed by atoms with Gasteiger partial charge in [0.15, 0.2) is 0 Å². The minimum Gasteiger partial charge on any atom is -0.379 e. The Bertz CT molecular complexity index is 1180. The Morgan fingerprint density at radius 2 is 1.69 bits per heavy atom. The molecule has 0 saturated carbocycles. The normalized spacial score (nSPS) is 11.3. The molecule has 0 atom stereocenters. The fourth-order valence-corrected chi connectivity index (χ4v) is 3.96. The lowest BCUT2D eigenvalue weighted by Crippen LogP contribution is -2.39. The molecule has 3 aromatic rings. The van der Waals surface area contributed by atoms with E-state index in [-0.39, 0.29) is 22.7 Å². The number of nitrogens with zero attached hydrogens (tertiary/aromatic N) is 1. The third-order valence-electron chi connectivity index (χ3n) is 4.74. The molecule has 3 rings (SSSR count). The number of amides is 2. The Morgan fingerprint density at radius 1 is 1.03 bits per heavy atom.